The highest BCUT2D eigenvalue weighted by atomic mass is 16.2. The second kappa shape index (κ2) is 9.37. The molecule has 0 radical (unpaired) electrons. The van der Waals surface area contributed by atoms with Crippen LogP contribution in [0.25, 0.3) is 0 Å². The lowest BCUT2D eigenvalue weighted by Crippen LogP contribution is -2.38. The van der Waals surface area contributed by atoms with E-state index in [1.54, 1.807) is 0 Å². The predicted molar refractivity (Wildman–Crippen MR) is 76.7 cm³/mol. The number of carbonyl (C=O) groups is 1. The van der Waals surface area contributed by atoms with Crippen LogP contribution in [0.4, 0.5) is 0 Å². The topological polar surface area (TPSA) is 32.3 Å². The highest BCUT2D eigenvalue weighted by Gasteiger charge is 2.15. The molecule has 3 heteroatoms. The first-order valence-corrected chi connectivity index (χ1v) is 7.75. The Bertz CT molecular complexity index is 225. The maximum atomic E-state index is 11.9. The van der Waals surface area contributed by atoms with Crippen molar-refractivity contribution in [3.8, 4) is 0 Å². The Labute approximate surface area is 112 Å². The molecule has 1 atom stereocenters. The SMILES string of the molecule is CCCCCC(C)NCCC(=O)N1CCCCC1. The van der Waals surface area contributed by atoms with Crippen molar-refractivity contribution in [1.82, 2.24) is 10.2 Å². The van der Waals surface area contributed by atoms with Gasteiger partial charge < -0.3 is 10.2 Å². The number of unbranched alkanes of at least 4 members (excludes halogenated alkanes) is 2. The van der Waals surface area contributed by atoms with E-state index in [4.69, 9.17) is 0 Å². The highest BCUT2D eigenvalue weighted by Crippen LogP contribution is 2.09. The summed E-state index contributed by atoms with van der Waals surface area (Å²) in [6.07, 6.45) is 9.45. The lowest BCUT2D eigenvalue weighted by molar-refractivity contribution is -0.131. The Balaban J connectivity index is 2.03. The van der Waals surface area contributed by atoms with Gasteiger partial charge in [0.05, 0.1) is 0 Å². The van der Waals surface area contributed by atoms with Crippen LogP contribution in [0, 0.1) is 0 Å². The van der Waals surface area contributed by atoms with E-state index in [2.05, 4.69) is 19.2 Å². The standard InChI is InChI=1S/C15H30N2O/c1-3-4-6-9-14(2)16-11-10-15(18)17-12-7-5-8-13-17/h14,16H,3-13H2,1-2H3. The number of likely N-dealkylation sites (tertiary alicyclic amines) is 1. The molecule has 18 heavy (non-hydrogen) atoms. The van der Waals surface area contributed by atoms with Gasteiger partial charge in [-0.1, -0.05) is 26.2 Å². The third kappa shape index (κ3) is 6.39. The predicted octanol–water partition coefficient (Wildman–Crippen LogP) is 2.95. The summed E-state index contributed by atoms with van der Waals surface area (Å²) in [4.78, 5) is 14.0. The van der Waals surface area contributed by atoms with E-state index in [1.165, 1.54) is 44.9 Å². The van der Waals surface area contributed by atoms with E-state index in [0.717, 1.165) is 19.6 Å². The van der Waals surface area contributed by atoms with Gasteiger partial charge in [0.1, 0.15) is 0 Å². The number of nitrogens with one attached hydrogen (secondary N) is 1. The maximum absolute atomic E-state index is 11.9. The molecule has 1 unspecified atom stereocenters. The lowest BCUT2D eigenvalue weighted by Gasteiger charge is -2.27. The number of nitrogens with zero attached hydrogens (tertiary/aromatic N) is 1. The van der Waals surface area contributed by atoms with E-state index in [0.29, 0.717) is 18.4 Å². The van der Waals surface area contributed by atoms with Crippen molar-refractivity contribution in [1.29, 1.82) is 0 Å². The minimum atomic E-state index is 0.336. The third-order valence-electron chi connectivity index (χ3n) is 3.78. The normalized spacial score (nSPS) is 17.8. The number of hydrogen-bond donors (Lipinski definition) is 1. The number of rotatable bonds is 8. The molecule has 1 N–H and O–H groups in total. The second-order valence-corrected chi connectivity index (χ2v) is 5.54. The quantitative estimate of drug-likeness (QED) is 0.675. The molecule has 106 valence electrons. The Morgan fingerprint density at radius 1 is 1.22 bits per heavy atom. The van der Waals surface area contributed by atoms with Crippen LogP contribution in [-0.2, 0) is 4.79 Å². The van der Waals surface area contributed by atoms with Crippen LogP contribution in [0.2, 0.25) is 0 Å². The summed E-state index contributed by atoms with van der Waals surface area (Å²) in [5.74, 6) is 0.336. The van der Waals surface area contributed by atoms with E-state index in [9.17, 15) is 4.79 Å². The first-order valence-electron chi connectivity index (χ1n) is 7.75. The molecule has 1 heterocycles. The number of piperidine rings is 1. The van der Waals surface area contributed by atoms with Crippen LogP contribution < -0.4 is 5.32 Å². The van der Waals surface area contributed by atoms with Crippen LogP contribution in [0.5, 0.6) is 0 Å². The Morgan fingerprint density at radius 2 is 1.94 bits per heavy atom. The fraction of sp³-hybridized carbons (Fsp3) is 0.933. The van der Waals surface area contributed by atoms with Crippen molar-refractivity contribution < 1.29 is 4.79 Å². The third-order valence-corrected chi connectivity index (χ3v) is 3.78. The van der Waals surface area contributed by atoms with Gasteiger partial charge in [0.15, 0.2) is 0 Å². The molecule has 0 bridgehead atoms. The first-order chi connectivity index (χ1) is 8.74. The van der Waals surface area contributed by atoms with Crippen molar-refractivity contribution in [3.63, 3.8) is 0 Å². The molecular weight excluding hydrogens is 224 g/mol. The summed E-state index contributed by atoms with van der Waals surface area (Å²) in [6, 6.07) is 0.547. The average Bonchev–Trinajstić information content (AvgIpc) is 2.40. The van der Waals surface area contributed by atoms with E-state index in [-0.39, 0.29) is 0 Å². The summed E-state index contributed by atoms with van der Waals surface area (Å²) in [7, 11) is 0. The molecule has 1 aliphatic rings. The fourth-order valence-electron chi connectivity index (χ4n) is 2.53. The van der Waals surface area contributed by atoms with Crippen LogP contribution in [0.3, 0.4) is 0 Å². The molecule has 1 amide bonds. The zero-order valence-electron chi connectivity index (χ0n) is 12.2. The Morgan fingerprint density at radius 3 is 2.61 bits per heavy atom. The minimum Gasteiger partial charge on any atom is -0.343 e. The minimum absolute atomic E-state index is 0.336. The summed E-state index contributed by atoms with van der Waals surface area (Å²) in [5, 5.41) is 3.46. The zero-order chi connectivity index (χ0) is 13.2. The second-order valence-electron chi connectivity index (χ2n) is 5.54. The van der Waals surface area contributed by atoms with Gasteiger partial charge in [-0.05, 0) is 32.6 Å². The average molecular weight is 254 g/mol. The van der Waals surface area contributed by atoms with Crippen molar-refractivity contribution in [2.75, 3.05) is 19.6 Å². The van der Waals surface area contributed by atoms with Crippen LogP contribution in [0.15, 0.2) is 0 Å². The van der Waals surface area contributed by atoms with Crippen LogP contribution in [-0.4, -0.2) is 36.5 Å². The van der Waals surface area contributed by atoms with Crippen molar-refractivity contribution in [2.45, 2.75) is 71.3 Å². The molecule has 0 aliphatic carbocycles. The van der Waals surface area contributed by atoms with Gasteiger partial charge in [-0.25, -0.2) is 0 Å². The summed E-state index contributed by atoms with van der Waals surface area (Å²) in [6.45, 7) is 7.24. The Hall–Kier alpha value is -0.570. The molecule has 0 aromatic rings. The van der Waals surface area contributed by atoms with Gasteiger partial charge in [-0.15, -0.1) is 0 Å². The summed E-state index contributed by atoms with van der Waals surface area (Å²) < 4.78 is 0. The number of hydrogen-bond acceptors (Lipinski definition) is 2. The maximum Gasteiger partial charge on any atom is 0.223 e. The largest absolute Gasteiger partial charge is 0.343 e. The molecule has 0 saturated carbocycles. The van der Waals surface area contributed by atoms with Gasteiger partial charge in [-0.2, -0.15) is 0 Å². The van der Waals surface area contributed by atoms with Crippen molar-refractivity contribution in [3.05, 3.63) is 0 Å². The number of carbonyl (C=O) groups excluding carboxylic acids is 1. The molecular formula is C15H30N2O. The molecule has 3 nitrogen and oxygen atoms in total. The van der Waals surface area contributed by atoms with Crippen LogP contribution >= 0.6 is 0 Å². The monoisotopic (exact) mass is 254 g/mol. The highest BCUT2D eigenvalue weighted by molar-refractivity contribution is 5.76. The Kier molecular flexibility index (Phi) is 8.06. The number of amides is 1. The smallest absolute Gasteiger partial charge is 0.223 e. The lowest BCUT2D eigenvalue weighted by atomic mass is 10.1. The van der Waals surface area contributed by atoms with Crippen LogP contribution in [0.1, 0.15) is 65.2 Å². The van der Waals surface area contributed by atoms with Gasteiger partial charge in [0.25, 0.3) is 0 Å². The molecule has 0 aromatic heterocycles. The molecule has 1 aliphatic heterocycles. The molecule has 1 rings (SSSR count). The van der Waals surface area contributed by atoms with E-state index in [1.807, 2.05) is 4.90 Å². The fourth-order valence-corrected chi connectivity index (χ4v) is 2.53. The summed E-state index contributed by atoms with van der Waals surface area (Å²) >= 11 is 0. The molecule has 0 aromatic carbocycles. The zero-order valence-corrected chi connectivity index (χ0v) is 12.2. The summed E-state index contributed by atoms with van der Waals surface area (Å²) in [5.41, 5.74) is 0. The molecule has 0 spiro atoms. The first kappa shape index (κ1) is 15.5. The van der Waals surface area contributed by atoms with Gasteiger partial charge >= 0.3 is 0 Å². The van der Waals surface area contributed by atoms with E-state index < -0.39 is 0 Å². The molecule has 1 saturated heterocycles. The van der Waals surface area contributed by atoms with Crippen molar-refractivity contribution >= 4 is 5.91 Å². The molecule has 1 fully saturated rings. The van der Waals surface area contributed by atoms with Crippen molar-refractivity contribution in [2.24, 2.45) is 0 Å². The van der Waals surface area contributed by atoms with E-state index >= 15 is 0 Å². The van der Waals surface area contributed by atoms with Gasteiger partial charge in [0.2, 0.25) is 5.91 Å². The van der Waals surface area contributed by atoms with Gasteiger partial charge in [-0.3, -0.25) is 4.79 Å². The van der Waals surface area contributed by atoms with Gasteiger partial charge in [0, 0.05) is 32.1 Å².